The van der Waals surface area contributed by atoms with Gasteiger partial charge in [-0.15, -0.1) is 0 Å². The normalized spacial score (nSPS) is 11.2. The molecule has 0 unspecified atom stereocenters. The minimum absolute atomic E-state index is 0.118. The number of rotatable bonds is 6. The van der Waals surface area contributed by atoms with Gasteiger partial charge < -0.3 is 14.0 Å². The van der Waals surface area contributed by atoms with E-state index in [4.69, 9.17) is 21.1 Å². The number of halogens is 2. The maximum Gasteiger partial charge on any atom is 0.332 e. The first-order chi connectivity index (χ1) is 13.3. The molecule has 3 aromatic rings. The molecule has 0 radical (unpaired) electrons. The fourth-order valence-corrected chi connectivity index (χ4v) is 3.64. The van der Waals surface area contributed by atoms with Gasteiger partial charge in [0.05, 0.1) is 19.8 Å². The molecule has 0 aliphatic rings. The Hall–Kier alpha value is -2.26. The molecule has 150 valence electrons. The van der Waals surface area contributed by atoms with Crippen LogP contribution in [0.4, 0.5) is 0 Å². The van der Waals surface area contributed by atoms with Crippen LogP contribution in [0.5, 0.6) is 11.5 Å². The minimum Gasteiger partial charge on any atom is -0.490 e. The van der Waals surface area contributed by atoms with Crippen molar-refractivity contribution >= 4 is 38.7 Å². The first-order valence-electron chi connectivity index (χ1n) is 8.69. The fourth-order valence-electron chi connectivity index (χ4n) is 2.97. The Morgan fingerprint density at radius 1 is 1.07 bits per heavy atom. The largest absolute Gasteiger partial charge is 0.490 e. The monoisotopic (exact) mass is 470 g/mol. The molecule has 2 aromatic heterocycles. The zero-order valence-electron chi connectivity index (χ0n) is 16.0. The summed E-state index contributed by atoms with van der Waals surface area (Å²) in [5.41, 5.74) is 0.409. The van der Waals surface area contributed by atoms with Gasteiger partial charge in [-0.25, -0.2) is 4.79 Å². The number of nitrogens with zero attached hydrogens (tertiary/aromatic N) is 4. The van der Waals surface area contributed by atoms with E-state index >= 15 is 0 Å². The van der Waals surface area contributed by atoms with Crippen molar-refractivity contribution in [1.29, 1.82) is 0 Å². The average Bonchev–Trinajstić information content (AvgIpc) is 2.98. The lowest BCUT2D eigenvalue weighted by Crippen LogP contribution is -2.37. The van der Waals surface area contributed by atoms with Crippen LogP contribution in [-0.2, 0) is 20.6 Å². The summed E-state index contributed by atoms with van der Waals surface area (Å²) < 4.78 is 16.0. The second-order valence-corrected chi connectivity index (χ2v) is 7.29. The van der Waals surface area contributed by atoms with E-state index in [9.17, 15) is 9.59 Å². The van der Waals surface area contributed by atoms with Crippen LogP contribution in [0.2, 0.25) is 5.28 Å². The Morgan fingerprint density at radius 2 is 1.68 bits per heavy atom. The number of aryl methyl sites for hydroxylation is 1. The summed E-state index contributed by atoms with van der Waals surface area (Å²) in [5, 5.41) is 0.118. The Labute approximate surface area is 174 Å². The third kappa shape index (κ3) is 3.44. The summed E-state index contributed by atoms with van der Waals surface area (Å²) in [4.78, 5) is 29.1. The molecule has 8 nitrogen and oxygen atoms in total. The first-order valence-corrected chi connectivity index (χ1v) is 9.86. The number of ether oxygens (including phenoxy) is 2. The molecule has 0 fully saturated rings. The standard InChI is InChI=1S/C18H20BrClN4O4/c1-5-27-12-7-10(11(19)8-13(12)28-6-2)9-24-14-15(21-17(24)20)22(3)18(26)23(4)16(14)25/h7-8H,5-6,9H2,1-4H3. The molecule has 0 atom stereocenters. The summed E-state index contributed by atoms with van der Waals surface area (Å²) in [6.45, 7) is 5.04. The number of imidazole rings is 1. The zero-order valence-corrected chi connectivity index (χ0v) is 18.3. The predicted octanol–water partition coefficient (Wildman–Crippen LogP) is 2.70. The molecule has 1 aromatic carbocycles. The summed E-state index contributed by atoms with van der Waals surface area (Å²) >= 11 is 9.86. The van der Waals surface area contributed by atoms with Crippen molar-refractivity contribution in [2.45, 2.75) is 20.4 Å². The van der Waals surface area contributed by atoms with Crippen LogP contribution in [0.1, 0.15) is 19.4 Å². The Morgan fingerprint density at radius 3 is 2.29 bits per heavy atom. The molecule has 0 bridgehead atoms. The van der Waals surface area contributed by atoms with Gasteiger partial charge >= 0.3 is 5.69 Å². The molecular formula is C18H20BrClN4O4. The van der Waals surface area contributed by atoms with Crippen LogP contribution in [-0.4, -0.2) is 31.9 Å². The lowest BCUT2D eigenvalue weighted by Gasteiger charge is -2.15. The molecular weight excluding hydrogens is 452 g/mol. The molecule has 10 heteroatoms. The molecule has 28 heavy (non-hydrogen) atoms. The van der Waals surface area contributed by atoms with Crippen molar-refractivity contribution in [2.24, 2.45) is 14.1 Å². The van der Waals surface area contributed by atoms with Crippen LogP contribution in [0.25, 0.3) is 11.2 Å². The van der Waals surface area contributed by atoms with E-state index in [1.54, 1.807) is 11.6 Å². The first kappa shape index (κ1) is 20.5. The number of hydrogen-bond acceptors (Lipinski definition) is 5. The molecule has 0 saturated carbocycles. The zero-order chi connectivity index (χ0) is 20.6. The van der Waals surface area contributed by atoms with Crippen LogP contribution < -0.4 is 20.7 Å². The van der Waals surface area contributed by atoms with E-state index in [-0.39, 0.29) is 23.0 Å². The highest BCUT2D eigenvalue weighted by Gasteiger charge is 2.20. The van der Waals surface area contributed by atoms with E-state index < -0.39 is 11.2 Å². The molecule has 0 spiro atoms. The van der Waals surface area contributed by atoms with Gasteiger partial charge in [0, 0.05) is 18.6 Å². The van der Waals surface area contributed by atoms with Crippen LogP contribution in [0.15, 0.2) is 26.2 Å². The van der Waals surface area contributed by atoms with Gasteiger partial charge in [0.25, 0.3) is 5.56 Å². The smallest absolute Gasteiger partial charge is 0.332 e. The molecule has 0 N–H and O–H groups in total. The van der Waals surface area contributed by atoms with Crippen molar-refractivity contribution in [2.75, 3.05) is 13.2 Å². The summed E-state index contributed by atoms with van der Waals surface area (Å²) in [5.74, 6) is 1.23. The third-order valence-corrected chi connectivity index (χ3v) is 5.37. The van der Waals surface area contributed by atoms with Crippen molar-refractivity contribution in [1.82, 2.24) is 18.7 Å². The number of benzene rings is 1. The van der Waals surface area contributed by atoms with Gasteiger partial charge in [-0.2, -0.15) is 4.98 Å². The van der Waals surface area contributed by atoms with Gasteiger partial charge in [0.1, 0.15) is 0 Å². The van der Waals surface area contributed by atoms with Gasteiger partial charge in [-0.3, -0.25) is 13.9 Å². The van der Waals surface area contributed by atoms with Crippen LogP contribution >= 0.6 is 27.5 Å². The third-order valence-electron chi connectivity index (χ3n) is 4.34. The highest BCUT2D eigenvalue weighted by Crippen LogP contribution is 2.35. The van der Waals surface area contributed by atoms with Crippen molar-refractivity contribution < 1.29 is 9.47 Å². The fraction of sp³-hybridized carbons (Fsp3) is 0.389. The maximum absolute atomic E-state index is 12.7. The maximum atomic E-state index is 12.7. The highest BCUT2D eigenvalue weighted by atomic mass is 79.9. The summed E-state index contributed by atoms with van der Waals surface area (Å²) in [6.07, 6.45) is 0. The van der Waals surface area contributed by atoms with Crippen molar-refractivity contribution in [3.05, 3.63) is 48.3 Å². The quantitative estimate of drug-likeness (QED) is 0.517. The highest BCUT2D eigenvalue weighted by molar-refractivity contribution is 9.10. The van der Waals surface area contributed by atoms with Gasteiger partial charge in [-0.05, 0) is 43.1 Å². The van der Waals surface area contributed by atoms with Crippen molar-refractivity contribution in [3.63, 3.8) is 0 Å². The van der Waals surface area contributed by atoms with Gasteiger partial charge in [0.15, 0.2) is 22.7 Å². The Balaban J connectivity index is 2.18. The molecule has 2 heterocycles. The van der Waals surface area contributed by atoms with Crippen LogP contribution in [0, 0.1) is 0 Å². The van der Waals surface area contributed by atoms with E-state index in [1.165, 1.54) is 11.6 Å². The van der Waals surface area contributed by atoms with Crippen LogP contribution in [0.3, 0.4) is 0 Å². The SMILES string of the molecule is CCOc1cc(Br)c(Cn2c(Cl)nc3c2c(=O)n(C)c(=O)n3C)cc1OCC. The minimum atomic E-state index is -0.459. The van der Waals surface area contributed by atoms with Gasteiger partial charge in [0.2, 0.25) is 5.28 Å². The van der Waals surface area contributed by atoms with E-state index in [0.717, 1.165) is 14.6 Å². The molecule has 0 amide bonds. The number of hydrogen-bond donors (Lipinski definition) is 0. The predicted molar refractivity (Wildman–Crippen MR) is 111 cm³/mol. The summed E-state index contributed by atoms with van der Waals surface area (Å²) in [7, 11) is 2.98. The number of fused-ring (bicyclic) bond motifs is 1. The van der Waals surface area contributed by atoms with E-state index in [2.05, 4.69) is 20.9 Å². The summed E-state index contributed by atoms with van der Waals surface area (Å²) in [6, 6.07) is 3.66. The lowest BCUT2D eigenvalue weighted by molar-refractivity contribution is 0.287. The second kappa shape index (κ2) is 8.00. The molecule has 0 aliphatic carbocycles. The van der Waals surface area contributed by atoms with Gasteiger partial charge in [-0.1, -0.05) is 15.9 Å². The lowest BCUT2D eigenvalue weighted by atomic mass is 10.2. The second-order valence-electron chi connectivity index (χ2n) is 6.10. The van der Waals surface area contributed by atoms with Crippen molar-refractivity contribution in [3.8, 4) is 11.5 Å². The topological polar surface area (TPSA) is 80.3 Å². The Kier molecular flexibility index (Phi) is 5.85. The molecule has 0 aliphatic heterocycles. The average molecular weight is 472 g/mol. The van der Waals surface area contributed by atoms with E-state index in [0.29, 0.717) is 24.7 Å². The molecule has 3 rings (SSSR count). The Bertz CT molecular complexity index is 1170. The molecule has 0 saturated heterocycles. The number of aromatic nitrogens is 4. The van der Waals surface area contributed by atoms with E-state index in [1.807, 2.05) is 26.0 Å².